The molecule has 0 radical (unpaired) electrons. The van der Waals surface area contributed by atoms with Crippen molar-refractivity contribution in [2.24, 2.45) is 0 Å². The molecule has 0 aliphatic rings. The van der Waals surface area contributed by atoms with Crippen molar-refractivity contribution in [1.29, 1.82) is 0 Å². The third-order valence-electron chi connectivity index (χ3n) is 2.52. The zero-order valence-electron chi connectivity index (χ0n) is 12.2. The Bertz CT molecular complexity index is 380. The Morgan fingerprint density at radius 2 is 1.89 bits per heavy atom. The molecule has 0 aromatic heterocycles. The third-order valence-corrected chi connectivity index (χ3v) is 3.01. The van der Waals surface area contributed by atoms with Crippen molar-refractivity contribution < 1.29 is 9.47 Å². The summed E-state index contributed by atoms with van der Waals surface area (Å²) in [7, 11) is 0. The summed E-state index contributed by atoms with van der Waals surface area (Å²) in [6.07, 6.45) is 0.246. The van der Waals surface area contributed by atoms with E-state index in [1.807, 2.05) is 26.0 Å². The highest BCUT2D eigenvalue weighted by molar-refractivity contribution is 9.10. The molecule has 0 spiro atoms. The van der Waals surface area contributed by atoms with Crippen LogP contribution < -0.4 is 10.1 Å². The second-order valence-electron chi connectivity index (χ2n) is 5.06. The Labute approximate surface area is 124 Å². The van der Waals surface area contributed by atoms with Crippen molar-refractivity contribution in [2.75, 3.05) is 13.2 Å². The van der Waals surface area contributed by atoms with E-state index in [9.17, 15) is 0 Å². The van der Waals surface area contributed by atoms with Crippen LogP contribution in [-0.4, -0.2) is 25.4 Å². The van der Waals surface area contributed by atoms with Gasteiger partial charge in [0.25, 0.3) is 0 Å². The van der Waals surface area contributed by atoms with Gasteiger partial charge in [-0.25, -0.2) is 0 Å². The molecule has 1 aromatic rings. The van der Waals surface area contributed by atoms with Crippen LogP contribution >= 0.6 is 15.9 Å². The highest BCUT2D eigenvalue weighted by atomic mass is 79.9. The summed E-state index contributed by atoms with van der Waals surface area (Å²) in [4.78, 5) is 0. The summed E-state index contributed by atoms with van der Waals surface area (Å²) in [5.41, 5.74) is 1.16. The first-order valence-electron chi connectivity index (χ1n) is 6.75. The summed E-state index contributed by atoms with van der Waals surface area (Å²) in [5, 5.41) is 3.41. The monoisotopic (exact) mass is 329 g/mol. The van der Waals surface area contributed by atoms with Crippen LogP contribution in [0.15, 0.2) is 22.7 Å². The first kappa shape index (κ1) is 16.5. The van der Waals surface area contributed by atoms with E-state index in [1.54, 1.807) is 0 Å². The first-order chi connectivity index (χ1) is 8.99. The van der Waals surface area contributed by atoms with Gasteiger partial charge in [0, 0.05) is 22.6 Å². The third kappa shape index (κ3) is 6.95. The van der Waals surface area contributed by atoms with Crippen LogP contribution in [0.3, 0.4) is 0 Å². The molecule has 0 fully saturated rings. The minimum atomic E-state index is 0.246. The van der Waals surface area contributed by atoms with E-state index in [2.05, 4.69) is 41.2 Å². The summed E-state index contributed by atoms with van der Waals surface area (Å²) in [6.45, 7) is 10.3. The summed E-state index contributed by atoms with van der Waals surface area (Å²) >= 11 is 3.50. The molecule has 1 aromatic carbocycles. The smallest absolute Gasteiger partial charge is 0.123 e. The van der Waals surface area contributed by atoms with Crippen LogP contribution in [0.25, 0.3) is 0 Å². The minimum absolute atomic E-state index is 0.246. The molecule has 0 unspecified atom stereocenters. The zero-order chi connectivity index (χ0) is 14.3. The van der Waals surface area contributed by atoms with Gasteiger partial charge in [-0.15, -0.1) is 0 Å². The molecule has 0 saturated carbocycles. The lowest BCUT2D eigenvalue weighted by atomic mass is 10.2. The van der Waals surface area contributed by atoms with E-state index in [0.717, 1.165) is 22.3 Å². The highest BCUT2D eigenvalue weighted by Gasteiger charge is 2.06. The van der Waals surface area contributed by atoms with Crippen LogP contribution in [0.4, 0.5) is 0 Å². The van der Waals surface area contributed by atoms with Crippen molar-refractivity contribution in [3.05, 3.63) is 28.2 Å². The van der Waals surface area contributed by atoms with E-state index >= 15 is 0 Å². The van der Waals surface area contributed by atoms with Gasteiger partial charge in [-0.1, -0.05) is 29.8 Å². The Morgan fingerprint density at radius 1 is 1.16 bits per heavy atom. The molecule has 4 heteroatoms. The summed E-state index contributed by atoms with van der Waals surface area (Å²) < 4.78 is 12.3. The average Bonchev–Trinajstić information content (AvgIpc) is 2.33. The van der Waals surface area contributed by atoms with Crippen LogP contribution in [0.2, 0.25) is 0 Å². The standard InChI is InChI=1S/C15H24BrNO2/c1-11(2)17-10-13-9-14(16)5-6-15(13)19-8-7-18-12(3)4/h5-6,9,11-12,17H,7-8,10H2,1-4H3. The highest BCUT2D eigenvalue weighted by Crippen LogP contribution is 2.23. The Balaban J connectivity index is 2.55. The molecule has 0 aliphatic heterocycles. The van der Waals surface area contributed by atoms with E-state index in [-0.39, 0.29) is 6.10 Å². The van der Waals surface area contributed by atoms with Gasteiger partial charge in [0.15, 0.2) is 0 Å². The largest absolute Gasteiger partial charge is 0.491 e. The van der Waals surface area contributed by atoms with Gasteiger partial charge in [-0.2, -0.15) is 0 Å². The van der Waals surface area contributed by atoms with Crippen LogP contribution in [-0.2, 0) is 11.3 Å². The molecular formula is C15H24BrNO2. The maximum Gasteiger partial charge on any atom is 0.123 e. The summed E-state index contributed by atoms with van der Waals surface area (Å²) in [5.74, 6) is 0.920. The number of ether oxygens (including phenoxy) is 2. The van der Waals surface area contributed by atoms with Gasteiger partial charge in [0.05, 0.1) is 12.7 Å². The van der Waals surface area contributed by atoms with Gasteiger partial charge in [-0.05, 0) is 32.0 Å². The van der Waals surface area contributed by atoms with E-state index in [0.29, 0.717) is 19.3 Å². The number of hydrogen-bond acceptors (Lipinski definition) is 3. The molecule has 3 nitrogen and oxygen atoms in total. The molecule has 0 atom stereocenters. The molecule has 108 valence electrons. The maximum atomic E-state index is 5.79. The lowest BCUT2D eigenvalue weighted by Gasteiger charge is -2.15. The molecule has 0 aliphatic carbocycles. The molecule has 0 heterocycles. The zero-order valence-corrected chi connectivity index (χ0v) is 13.8. The molecular weight excluding hydrogens is 306 g/mol. The van der Waals surface area contributed by atoms with Crippen LogP contribution in [0.5, 0.6) is 5.75 Å². The fourth-order valence-corrected chi connectivity index (χ4v) is 1.98. The van der Waals surface area contributed by atoms with Crippen molar-refractivity contribution in [3.63, 3.8) is 0 Å². The Hall–Kier alpha value is -0.580. The molecule has 19 heavy (non-hydrogen) atoms. The summed E-state index contributed by atoms with van der Waals surface area (Å²) in [6, 6.07) is 6.54. The molecule has 0 saturated heterocycles. The fraction of sp³-hybridized carbons (Fsp3) is 0.600. The van der Waals surface area contributed by atoms with Gasteiger partial charge in [0.2, 0.25) is 0 Å². The SMILES string of the molecule is CC(C)NCc1cc(Br)ccc1OCCOC(C)C. The number of nitrogens with one attached hydrogen (secondary N) is 1. The maximum absolute atomic E-state index is 5.79. The second kappa shape index (κ2) is 8.56. The van der Waals surface area contributed by atoms with Crippen molar-refractivity contribution in [3.8, 4) is 5.75 Å². The van der Waals surface area contributed by atoms with Gasteiger partial charge in [0.1, 0.15) is 12.4 Å². The number of rotatable bonds is 8. The Morgan fingerprint density at radius 3 is 2.53 bits per heavy atom. The number of hydrogen-bond donors (Lipinski definition) is 1. The molecule has 0 amide bonds. The lowest BCUT2D eigenvalue weighted by Crippen LogP contribution is -2.22. The van der Waals surface area contributed by atoms with Crippen molar-refractivity contribution in [1.82, 2.24) is 5.32 Å². The quantitative estimate of drug-likeness (QED) is 0.737. The van der Waals surface area contributed by atoms with Crippen LogP contribution in [0, 0.1) is 0 Å². The van der Waals surface area contributed by atoms with Crippen molar-refractivity contribution >= 4 is 15.9 Å². The fourth-order valence-electron chi connectivity index (χ4n) is 1.58. The van der Waals surface area contributed by atoms with E-state index in [4.69, 9.17) is 9.47 Å². The molecule has 0 bridgehead atoms. The van der Waals surface area contributed by atoms with Gasteiger partial charge >= 0.3 is 0 Å². The van der Waals surface area contributed by atoms with Crippen LogP contribution in [0.1, 0.15) is 33.3 Å². The van der Waals surface area contributed by atoms with Gasteiger partial charge < -0.3 is 14.8 Å². The van der Waals surface area contributed by atoms with E-state index < -0.39 is 0 Å². The lowest BCUT2D eigenvalue weighted by molar-refractivity contribution is 0.0550. The topological polar surface area (TPSA) is 30.5 Å². The first-order valence-corrected chi connectivity index (χ1v) is 7.54. The second-order valence-corrected chi connectivity index (χ2v) is 5.97. The predicted octanol–water partition coefficient (Wildman–Crippen LogP) is 3.75. The number of halogens is 1. The minimum Gasteiger partial charge on any atom is -0.491 e. The Kier molecular flexibility index (Phi) is 7.42. The van der Waals surface area contributed by atoms with Gasteiger partial charge in [-0.3, -0.25) is 0 Å². The molecule has 1 rings (SSSR count). The average molecular weight is 330 g/mol. The predicted molar refractivity (Wildman–Crippen MR) is 82.7 cm³/mol. The van der Waals surface area contributed by atoms with Crippen molar-refractivity contribution in [2.45, 2.75) is 46.4 Å². The molecule has 1 N–H and O–H groups in total. The normalized spacial score (nSPS) is 11.3. The number of benzene rings is 1. The van der Waals surface area contributed by atoms with E-state index in [1.165, 1.54) is 0 Å².